The van der Waals surface area contributed by atoms with E-state index < -0.39 is 12.6 Å². The molecule has 0 unspecified atom stereocenters. The average Bonchev–Trinajstić information content (AvgIpc) is 3.19. The summed E-state index contributed by atoms with van der Waals surface area (Å²) in [5, 5.41) is 0. The Morgan fingerprint density at radius 2 is 1.83 bits per heavy atom. The summed E-state index contributed by atoms with van der Waals surface area (Å²) in [7, 11) is 1.62. The van der Waals surface area contributed by atoms with Crippen molar-refractivity contribution in [1.29, 1.82) is 0 Å². The van der Waals surface area contributed by atoms with Gasteiger partial charge in [0.2, 0.25) is 5.78 Å². The van der Waals surface area contributed by atoms with E-state index in [9.17, 15) is 18.8 Å². The monoisotopic (exact) mass is 396 g/mol. The predicted molar refractivity (Wildman–Crippen MR) is 105 cm³/mol. The van der Waals surface area contributed by atoms with Gasteiger partial charge in [-0.2, -0.15) is 0 Å². The van der Waals surface area contributed by atoms with E-state index in [-0.39, 0.29) is 23.1 Å². The largest absolute Gasteiger partial charge is 0.453 e. The number of aryl methyl sites for hydroxylation is 2. The van der Waals surface area contributed by atoms with Crippen LogP contribution in [-0.2, 0) is 11.8 Å². The molecule has 0 aliphatic carbocycles. The molecule has 6 nitrogen and oxygen atoms in total. The Balaban J connectivity index is 1.77. The Hall–Kier alpha value is -3.48. The van der Waals surface area contributed by atoms with E-state index in [0.717, 1.165) is 5.69 Å². The number of Topliss-reactive ketones (excluding diaryl/α,β-unsaturated/α-hetero) is 2. The van der Waals surface area contributed by atoms with Gasteiger partial charge in [0.15, 0.2) is 12.4 Å². The fourth-order valence-electron chi connectivity index (χ4n) is 3.30. The van der Waals surface area contributed by atoms with Crippen molar-refractivity contribution >= 4 is 17.5 Å². The number of halogens is 1. The number of aromatic nitrogens is 2. The molecule has 0 saturated carbocycles. The van der Waals surface area contributed by atoms with Crippen molar-refractivity contribution in [2.75, 3.05) is 6.61 Å². The zero-order valence-electron chi connectivity index (χ0n) is 16.7. The van der Waals surface area contributed by atoms with E-state index in [4.69, 9.17) is 4.74 Å². The van der Waals surface area contributed by atoms with E-state index in [0.29, 0.717) is 22.5 Å². The third kappa shape index (κ3) is 4.03. The molecule has 0 N–H and O–H groups in total. The maximum Gasteiger partial charge on any atom is 0.355 e. The highest BCUT2D eigenvalue weighted by molar-refractivity contribution is 6.01. The molecular weight excluding hydrogens is 375 g/mol. The minimum Gasteiger partial charge on any atom is -0.453 e. The maximum absolute atomic E-state index is 13.6. The van der Waals surface area contributed by atoms with Crippen LogP contribution in [0.2, 0.25) is 0 Å². The quantitative estimate of drug-likeness (QED) is 0.469. The maximum atomic E-state index is 13.6. The molecule has 0 aliphatic heterocycles. The van der Waals surface area contributed by atoms with Crippen LogP contribution in [0.5, 0.6) is 0 Å². The molecule has 3 aromatic rings. The molecule has 29 heavy (non-hydrogen) atoms. The molecule has 0 bridgehead atoms. The van der Waals surface area contributed by atoms with Crippen LogP contribution in [0.3, 0.4) is 0 Å². The SMILES string of the molecule is CC(=O)c1cc(C(=O)OCC(=O)c2cc(C)n(-c3cccc(F)c3)c2C)n(C)c1. The van der Waals surface area contributed by atoms with Crippen LogP contribution in [0.4, 0.5) is 4.39 Å². The van der Waals surface area contributed by atoms with Gasteiger partial charge in [0.05, 0.1) is 0 Å². The van der Waals surface area contributed by atoms with Crippen LogP contribution < -0.4 is 0 Å². The van der Waals surface area contributed by atoms with Crippen molar-refractivity contribution in [3.63, 3.8) is 0 Å². The normalized spacial score (nSPS) is 10.8. The lowest BCUT2D eigenvalue weighted by Gasteiger charge is -2.10. The number of ketones is 2. The van der Waals surface area contributed by atoms with Crippen molar-refractivity contribution in [2.45, 2.75) is 20.8 Å². The molecule has 0 amide bonds. The van der Waals surface area contributed by atoms with Gasteiger partial charge in [-0.05, 0) is 51.1 Å². The highest BCUT2D eigenvalue weighted by Gasteiger charge is 2.20. The molecule has 0 saturated heterocycles. The van der Waals surface area contributed by atoms with Gasteiger partial charge in [-0.3, -0.25) is 9.59 Å². The molecule has 0 radical (unpaired) electrons. The number of esters is 1. The summed E-state index contributed by atoms with van der Waals surface area (Å²) >= 11 is 0. The number of benzene rings is 1. The highest BCUT2D eigenvalue weighted by atomic mass is 19.1. The molecule has 1 aromatic carbocycles. The molecule has 0 spiro atoms. The summed E-state index contributed by atoms with van der Waals surface area (Å²) < 4.78 is 22.0. The van der Waals surface area contributed by atoms with Gasteiger partial charge in [0.1, 0.15) is 11.5 Å². The van der Waals surface area contributed by atoms with Gasteiger partial charge in [-0.25, -0.2) is 9.18 Å². The van der Waals surface area contributed by atoms with Crippen molar-refractivity contribution in [3.05, 3.63) is 76.6 Å². The average molecular weight is 396 g/mol. The fraction of sp³-hybridized carbons (Fsp3) is 0.227. The highest BCUT2D eigenvalue weighted by Crippen LogP contribution is 2.22. The molecule has 3 rings (SSSR count). The van der Waals surface area contributed by atoms with Crippen LogP contribution >= 0.6 is 0 Å². The summed E-state index contributed by atoms with van der Waals surface area (Å²) in [6.45, 7) is 4.53. The summed E-state index contributed by atoms with van der Waals surface area (Å²) in [5.74, 6) is -1.59. The smallest absolute Gasteiger partial charge is 0.355 e. The van der Waals surface area contributed by atoms with E-state index in [1.807, 2.05) is 6.92 Å². The van der Waals surface area contributed by atoms with Crippen molar-refractivity contribution in [3.8, 4) is 5.69 Å². The van der Waals surface area contributed by atoms with E-state index in [2.05, 4.69) is 0 Å². The lowest BCUT2D eigenvalue weighted by Crippen LogP contribution is -2.16. The second kappa shape index (κ2) is 7.87. The summed E-state index contributed by atoms with van der Waals surface area (Å²) in [4.78, 5) is 36.4. The zero-order valence-corrected chi connectivity index (χ0v) is 16.7. The van der Waals surface area contributed by atoms with Crippen LogP contribution in [0.1, 0.15) is 49.5 Å². The van der Waals surface area contributed by atoms with Crippen LogP contribution in [-0.4, -0.2) is 33.3 Å². The molecule has 2 aromatic heterocycles. The fourth-order valence-corrected chi connectivity index (χ4v) is 3.30. The zero-order chi connectivity index (χ0) is 21.3. The number of ether oxygens (including phenoxy) is 1. The van der Waals surface area contributed by atoms with Gasteiger partial charge in [-0.15, -0.1) is 0 Å². The standard InChI is InChI=1S/C22H21FN2O4/c1-13-8-19(14(2)25(13)18-7-5-6-17(23)10-18)21(27)12-29-22(28)20-9-16(15(3)26)11-24(20)4/h5-11H,12H2,1-4H3. The second-order valence-corrected chi connectivity index (χ2v) is 6.88. The van der Waals surface area contributed by atoms with Gasteiger partial charge in [0.25, 0.3) is 0 Å². The Morgan fingerprint density at radius 3 is 2.45 bits per heavy atom. The third-order valence-corrected chi connectivity index (χ3v) is 4.75. The number of nitrogens with zero attached hydrogens (tertiary/aromatic N) is 2. The molecule has 2 heterocycles. The van der Waals surface area contributed by atoms with Crippen LogP contribution in [0.25, 0.3) is 5.69 Å². The molecule has 0 fully saturated rings. The number of carbonyl (C=O) groups is 3. The minimum absolute atomic E-state index is 0.166. The summed E-state index contributed by atoms with van der Waals surface area (Å²) in [5.41, 5.74) is 2.98. The molecular formula is C22H21FN2O4. The number of hydrogen-bond donors (Lipinski definition) is 0. The number of carbonyl (C=O) groups excluding carboxylic acids is 3. The van der Waals surface area contributed by atoms with E-state index >= 15 is 0 Å². The first kappa shape index (κ1) is 20.3. The Kier molecular flexibility index (Phi) is 5.50. The van der Waals surface area contributed by atoms with Crippen LogP contribution in [0.15, 0.2) is 42.6 Å². The Labute approximate surface area is 167 Å². The van der Waals surface area contributed by atoms with E-state index in [1.165, 1.54) is 35.9 Å². The first-order valence-corrected chi connectivity index (χ1v) is 9.01. The summed E-state index contributed by atoms with van der Waals surface area (Å²) in [6, 6.07) is 9.21. The predicted octanol–water partition coefficient (Wildman–Crippen LogP) is 3.81. The second-order valence-electron chi connectivity index (χ2n) is 6.88. The van der Waals surface area contributed by atoms with Crippen molar-refractivity contribution in [1.82, 2.24) is 9.13 Å². The minimum atomic E-state index is -0.688. The third-order valence-electron chi connectivity index (χ3n) is 4.75. The Bertz CT molecular complexity index is 1120. The molecule has 0 atom stereocenters. The summed E-state index contributed by atoms with van der Waals surface area (Å²) in [6.07, 6.45) is 1.54. The van der Waals surface area contributed by atoms with Crippen molar-refractivity contribution in [2.24, 2.45) is 7.05 Å². The Morgan fingerprint density at radius 1 is 1.10 bits per heavy atom. The lowest BCUT2D eigenvalue weighted by molar-refractivity contribution is 0.0465. The lowest BCUT2D eigenvalue weighted by atomic mass is 10.1. The van der Waals surface area contributed by atoms with Gasteiger partial charge < -0.3 is 13.9 Å². The first-order chi connectivity index (χ1) is 13.7. The number of hydrogen-bond acceptors (Lipinski definition) is 4. The topological polar surface area (TPSA) is 70.3 Å². The van der Waals surface area contributed by atoms with Crippen molar-refractivity contribution < 1.29 is 23.5 Å². The number of rotatable bonds is 6. The van der Waals surface area contributed by atoms with Gasteiger partial charge >= 0.3 is 5.97 Å². The molecule has 0 aliphatic rings. The van der Waals surface area contributed by atoms with Crippen LogP contribution in [0, 0.1) is 19.7 Å². The van der Waals surface area contributed by atoms with E-state index in [1.54, 1.807) is 36.7 Å². The first-order valence-electron chi connectivity index (χ1n) is 9.01. The van der Waals surface area contributed by atoms with Gasteiger partial charge in [-0.1, -0.05) is 6.07 Å². The molecule has 150 valence electrons. The molecule has 7 heteroatoms. The van der Waals surface area contributed by atoms with Gasteiger partial charge in [0, 0.05) is 41.4 Å².